The molecule has 0 aliphatic rings. The van der Waals surface area contributed by atoms with Gasteiger partial charge in [-0.15, -0.1) is 0 Å². The summed E-state index contributed by atoms with van der Waals surface area (Å²) in [6.45, 7) is 0. The highest BCUT2D eigenvalue weighted by atomic mass is 16.5. The van der Waals surface area contributed by atoms with Gasteiger partial charge in [-0.2, -0.15) is 0 Å². The molecule has 0 saturated carbocycles. The first-order valence-corrected chi connectivity index (χ1v) is 9.17. The molecule has 0 aliphatic carbocycles. The first kappa shape index (κ1) is 20.3. The molecule has 2 aromatic carbocycles. The second kappa shape index (κ2) is 9.14. The number of amides is 1. The van der Waals surface area contributed by atoms with E-state index < -0.39 is 0 Å². The van der Waals surface area contributed by atoms with Crippen molar-refractivity contribution in [2.75, 3.05) is 21.3 Å². The number of hydrogen-bond donors (Lipinski definition) is 1. The van der Waals surface area contributed by atoms with E-state index in [-0.39, 0.29) is 18.4 Å². The van der Waals surface area contributed by atoms with Gasteiger partial charge >= 0.3 is 0 Å². The van der Waals surface area contributed by atoms with Crippen molar-refractivity contribution in [2.24, 2.45) is 7.05 Å². The van der Waals surface area contributed by atoms with Crippen LogP contribution in [0.25, 0.3) is 0 Å². The van der Waals surface area contributed by atoms with Gasteiger partial charge in [0.25, 0.3) is 0 Å². The minimum atomic E-state index is -0.356. The molecule has 0 saturated heterocycles. The predicted molar refractivity (Wildman–Crippen MR) is 109 cm³/mol. The van der Waals surface area contributed by atoms with E-state index in [0.717, 1.165) is 17.0 Å². The van der Waals surface area contributed by atoms with Gasteiger partial charge < -0.3 is 24.1 Å². The molecule has 152 valence electrons. The molecular formula is C22H25N3O4. The van der Waals surface area contributed by atoms with Gasteiger partial charge in [0.15, 0.2) is 11.5 Å². The van der Waals surface area contributed by atoms with Crippen molar-refractivity contribution >= 4 is 5.91 Å². The van der Waals surface area contributed by atoms with Crippen LogP contribution >= 0.6 is 0 Å². The summed E-state index contributed by atoms with van der Waals surface area (Å²) in [6.07, 6.45) is 3.73. The van der Waals surface area contributed by atoms with Crippen LogP contribution in [0.4, 0.5) is 0 Å². The lowest BCUT2D eigenvalue weighted by molar-refractivity contribution is -0.121. The van der Waals surface area contributed by atoms with Crippen LogP contribution in [0, 0.1) is 0 Å². The number of nitrogens with one attached hydrogen (secondary N) is 1. The zero-order chi connectivity index (χ0) is 20.8. The Morgan fingerprint density at radius 2 is 1.72 bits per heavy atom. The number of rotatable bonds is 8. The SMILES string of the molecule is COc1cc(CC(=O)N[C@H](c2ccccc2)c2nccn2C)cc(OC)c1OC. The molecule has 0 spiro atoms. The Kier molecular flexibility index (Phi) is 6.39. The predicted octanol–water partition coefficient (Wildman–Crippen LogP) is 2.89. The molecule has 1 N–H and O–H groups in total. The molecule has 1 atom stereocenters. The summed E-state index contributed by atoms with van der Waals surface area (Å²) in [5, 5.41) is 3.09. The monoisotopic (exact) mass is 395 g/mol. The first-order valence-electron chi connectivity index (χ1n) is 9.17. The van der Waals surface area contributed by atoms with Crippen LogP contribution in [0.5, 0.6) is 17.2 Å². The van der Waals surface area contributed by atoms with Crippen molar-refractivity contribution < 1.29 is 19.0 Å². The fourth-order valence-electron chi connectivity index (χ4n) is 3.23. The smallest absolute Gasteiger partial charge is 0.225 e. The van der Waals surface area contributed by atoms with Gasteiger partial charge in [-0.3, -0.25) is 4.79 Å². The minimum absolute atomic E-state index is 0.142. The molecule has 0 fully saturated rings. The van der Waals surface area contributed by atoms with Crippen LogP contribution in [0.1, 0.15) is 23.0 Å². The van der Waals surface area contributed by atoms with Crippen LogP contribution in [-0.2, 0) is 18.3 Å². The largest absolute Gasteiger partial charge is 0.493 e. The number of methoxy groups -OCH3 is 3. The molecule has 1 aromatic heterocycles. The number of benzene rings is 2. The Balaban J connectivity index is 1.85. The normalized spacial score (nSPS) is 11.6. The number of carbonyl (C=O) groups excluding carboxylic acids is 1. The number of nitrogens with zero attached hydrogens (tertiary/aromatic N) is 2. The number of ether oxygens (including phenoxy) is 3. The number of aromatic nitrogens is 2. The molecule has 0 unspecified atom stereocenters. The Morgan fingerprint density at radius 1 is 1.07 bits per heavy atom. The van der Waals surface area contributed by atoms with Gasteiger partial charge in [-0.1, -0.05) is 30.3 Å². The topological polar surface area (TPSA) is 74.6 Å². The van der Waals surface area contributed by atoms with E-state index in [1.165, 1.54) is 0 Å². The van der Waals surface area contributed by atoms with E-state index in [0.29, 0.717) is 17.2 Å². The fraction of sp³-hybridized carbons (Fsp3) is 0.273. The van der Waals surface area contributed by atoms with Gasteiger partial charge in [-0.05, 0) is 23.3 Å². The van der Waals surface area contributed by atoms with Crippen molar-refractivity contribution in [3.05, 3.63) is 71.8 Å². The maximum Gasteiger partial charge on any atom is 0.225 e. The molecule has 1 amide bonds. The van der Waals surface area contributed by atoms with Crippen LogP contribution in [-0.4, -0.2) is 36.8 Å². The van der Waals surface area contributed by atoms with Crippen molar-refractivity contribution in [3.63, 3.8) is 0 Å². The molecule has 0 aliphatic heterocycles. The molecule has 7 nitrogen and oxygen atoms in total. The van der Waals surface area contributed by atoms with E-state index in [2.05, 4.69) is 10.3 Å². The van der Waals surface area contributed by atoms with Crippen molar-refractivity contribution in [3.8, 4) is 17.2 Å². The minimum Gasteiger partial charge on any atom is -0.493 e. The quantitative estimate of drug-likeness (QED) is 0.635. The lowest BCUT2D eigenvalue weighted by Gasteiger charge is -2.20. The van der Waals surface area contributed by atoms with Crippen LogP contribution < -0.4 is 19.5 Å². The van der Waals surface area contributed by atoms with Gasteiger partial charge in [0, 0.05) is 19.4 Å². The van der Waals surface area contributed by atoms with Crippen molar-refractivity contribution in [2.45, 2.75) is 12.5 Å². The third kappa shape index (κ3) is 4.51. The number of hydrogen-bond acceptors (Lipinski definition) is 5. The van der Waals surface area contributed by atoms with Crippen LogP contribution in [0.2, 0.25) is 0 Å². The summed E-state index contributed by atoms with van der Waals surface area (Å²) in [5.41, 5.74) is 1.71. The summed E-state index contributed by atoms with van der Waals surface area (Å²) in [7, 11) is 6.55. The van der Waals surface area contributed by atoms with E-state index in [1.54, 1.807) is 39.7 Å². The first-order chi connectivity index (χ1) is 14.1. The van der Waals surface area contributed by atoms with Gasteiger partial charge in [0.2, 0.25) is 11.7 Å². The lowest BCUT2D eigenvalue weighted by Crippen LogP contribution is -2.32. The zero-order valence-electron chi connectivity index (χ0n) is 17.0. The van der Waals surface area contributed by atoms with Crippen LogP contribution in [0.15, 0.2) is 54.9 Å². The molecule has 0 radical (unpaired) electrons. The summed E-state index contributed by atoms with van der Waals surface area (Å²) in [4.78, 5) is 17.3. The maximum atomic E-state index is 12.9. The van der Waals surface area contributed by atoms with Gasteiger partial charge in [0.05, 0.1) is 27.8 Å². The molecule has 1 heterocycles. The molecule has 29 heavy (non-hydrogen) atoms. The van der Waals surface area contributed by atoms with E-state index >= 15 is 0 Å². The summed E-state index contributed by atoms with van der Waals surface area (Å²) >= 11 is 0. The Bertz CT molecular complexity index is 944. The average molecular weight is 395 g/mol. The summed E-state index contributed by atoms with van der Waals surface area (Å²) in [6, 6.07) is 13.0. The third-order valence-corrected chi connectivity index (χ3v) is 4.64. The molecule has 3 rings (SSSR count). The Morgan fingerprint density at radius 3 is 2.24 bits per heavy atom. The Labute approximate surface area is 170 Å². The third-order valence-electron chi connectivity index (χ3n) is 4.64. The summed E-state index contributed by atoms with van der Waals surface area (Å²) < 4.78 is 18.0. The van der Waals surface area contributed by atoms with Gasteiger partial charge in [-0.25, -0.2) is 4.98 Å². The standard InChI is InChI=1S/C22H25N3O4/c1-25-11-10-23-22(25)20(16-8-6-5-7-9-16)24-19(26)14-15-12-17(27-2)21(29-4)18(13-15)28-3/h5-13,20H,14H2,1-4H3,(H,24,26)/t20-/m1/s1. The van der Waals surface area contributed by atoms with E-state index in [1.807, 2.05) is 48.1 Å². The van der Waals surface area contributed by atoms with E-state index in [9.17, 15) is 4.79 Å². The molecular weight excluding hydrogens is 370 g/mol. The maximum absolute atomic E-state index is 12.9. The number of carbonyl (C=O) groups is 1. The van der Waals surface area contributed by atoms with Gasteiger partial charge in [0.1, 0.15) is 11.9 Å². The molecule has 3 aromatic rings. The second-order valence-corrected chi connectivity index (χ2v) is 6.52. The molecule has 7 heteroatoms. The lowest BCUT2D eigenvalue weighted by atomic mass is 10.0. The van der Waals surface area contributed by atoms with Crippen molar-refractivity contribution in [1.82, 2.24) is 14.9 Å². The van der Waals surface area contributed by atoms with Crippen molar-refractivity contribution in [1.29, 1.82) is 0 Å². The second-order valence-electron chi connectivity index (χ2n) is 6.52. The fourth-order valence-corrected chi connectivity index (χ4v) is 3.23. The average Bonchev–Trinajstić information content (AvgIpc) is 3.17. The summed E-state index contributed by atoms with van der Waals surface area (Å²) in [5.74, 6) is 2.14. The highest BCUT2D eigenvalue weighted by Gasteiger charge is 2.21. The highest BCUT2D eigenvalue weighted by molar-refractivity contribution is 5.80. The molecule has 0 bridgehead atoms. The highest BCUT2D eigenvalue weighted by Crippen LogP contribution is 2.38. The number of aryl methyl sites for hydroxylation is 1. The van der Waals surface area contributed by atoms with E-state index in [4.69, 9.17) is 14.2 Å². The number of imidazole rings is 1. The Hall–Kier alpha value is -3.48. The zero-order valence-corrected chi connectivity index (χ0v) is 17.0. The van der Waals surface area contributed by atoms with Crippen LogP contribution in [0.3, 0.4) is 0 Å².